The van der Waals surface area contributed by atoms with Gasteiger partial charge in [-0.1, -0.05) is 23.7 Å². The quantitative estimate of drug-likeness (QED) is 0.907. The van der Waals surface area contributed by atoms with E-state index in [2.05, 4.69) is 9.97 Å². The summed E-state index contributed by atoms with van der Waals surface area (Å²) in [7, 11) is 0. The van der Waals surface area contributed by atoms with Crippen molar-refractivity contribution in [2.75, 3.05) is 0 Å². The summed E-state index contributed by atoms with van der Waals surface area (Å²) < 4.78 is 5.67. The van der Waals surface area contributed by atoms with Crippen LogP contribution in [0.2, 0.25) is 5.02 Å². The van der Waals surface area contributed by atoms with E-state index >= 15 is 0 Å². The molecule has 0 unspecified atom stereocenters. The first kappa shape index (κ1) is 12.6. The van der Waals surface area contributed by atoms with Crippen LogP contribution >= 0.6 is 11.6 Å². The Kier molecular flexibility index (Phi) is 3.39. The van der Waals surface area contributed by atoms with Crippen molar-refractivity contribution >= 4 is 11.6 Å². The fourth-order valence-electron chi connectivity index (χ4n) is 1.62. The van der Waals surface area contributed by atoms with Gasteiger partial charge >= 0.3 is 0 Å². The summed E-state index contributed by atoms with van der Waals surface area (Å²) in [6, 6.07) is 3.98. The van der Waals surface area contributed by atoms with Crippen LogP contribution in [0.25, 0.3) is 0 Å². The standard InChI is InChI=1S/C13H13ClN2O2/c1-7-4-5-8(2)11(9(7)3)18-13-10(14)12(17)15-6-16-13/h4-6H,1-3H3,(H,15,16,17). The molecule has 0 saturated carbocycles. The Hall–Kier alpha value is -1.81. The lowest BCUT2D eigenvalue weighted by molar-refractivity contribution is 0.453. The molecule has 5 heteroatoms. The van der Waals surface area contributed by atoms with Gasteiger partial charge in [0.25, 0.3) is 5.56 Å². The molecular weight excluding hydrogens is 252 g/mol. The van der Waals surface area contributed by atoms with Crippen molar-refractivity contribution in [3.05, 3.63) is 50.5 Å². The number of hydrogen-bond donors (Lipinski definition) is 1. The van der Waals surface area contributed by atoms with Gasteiger partial charge in [0, 0.05) is 0 Å². The highest BCUT2D eigenvalue weighted by Gasteiger charge is 2.12. The smallest absolute Gasteiger partial charge is 0.273 e. The van der Waals surface area contributed by atoms with Crippen LogP contribution in [0.1, 0.15) is 16.7 Å². The van der Waals surface area contributed by atoms with Crippen LogP contribution in [0.15, 0.2) is 23.3 Å². The monoisotopic (exact) mass is 264 g/mol. The number of aromatic amines is 1. The van der Waals surface area contributed by atoms with Gasteiger partial charge in [0.1, 0.15) is 5.75 Å². The molecule has 94 valence electrons. The molecule has 0 bridgehead atoms. The van der Waals surface area contributed by atoms with E-state index in [1.54, 1.807) is 0 Å². The van der Waals surface area contributed by atoms with Crippen LogP contribution in [0.4, 0.5) is 0 Å². The highest BCUT2D eigenvalue weighted by molar-refractivity contribution is 6.31. The maximum atomic E-state index is 11.4. The first-order chi connectivity index (χ1) is 8.50. The van der Waals surface area contributed by atoms with Crippen molar-refractivity contribution in [2.24, 2.45) is 0 Å². The highest BCUT2D eigenvalue weighted by atomic mass is 35.5. The lowest BCUT2D eigenvalue weighted by Crippen LogP contribution is -2.08. The van der Waals surface area contributed by atoms with Crippen LogP contribution < -0.4 is 10.3 Å². The Morgan fingerprint density at radius 3 is 2.61 bits per heavy atom. The van der Waals surface area contributed by atoms with Gasteiger partial charge in [-0.25, -0.2) is 4.98 Å². The minimum absolute atomic E-state index is 0.0437. The van der Waals surface area contributed by atoms with Crippen LogP contribution in [-0.4, -0.2) is 9.97 Å². The number of halogens is 1. The fraction of sp³-hybridized carbons (Fsp3) is 0.231. The van der Waals surface area contributed by atoms with Crippen molar-refractivity contribution in [1.29, 1.82) is 0 Å². The zero-order chi connectivity index (χ0) is 13.3. The molecule has 0 saturated heterocycles. The molecular formula is C13H13ClN2O2. The van der Waals surface area contributed by atoms with Gasteiger partial charge in [-0.2, -0.15) is 0 Å². The van der Waals surface area contributed by atoms with E-state index in [4.69, 9.17) is 16.3 Å². The number of aromatic nitrogens is 2. The fourth-order valence-corrected chi connectivity index (χ4v) is 1.76. The Labute approximate surface area is 110 Å². The van der Waals surface area contributed by atoms with Gasteiger partial charge in [0.15, 0.2) is 5.02 Å². The van der Waals surface area contributed by atoms with Crippen LogP contribution in [-0.2, 0) is 0 Å². The maximum absolute atomic E-state index is 11.4. The summed E-state index contributed by atoms with van der Waals surface area (Å²) in [4.78, 5) is 17.7. The van der Waals surface area contributed by atoms with E-state index in [9.17, 15) is 4.79 Å². The van der Waals surface area contributed by atoms with E-state index in [-0.39, 0.29) is 10.9 Å². The number of H-pyrrole nitrogens is 1. The summed E-state index contributed by atoms with van der Waals surface area (Å²) in [5.74, 6) is 0.812. The Morgan fingerprint density at radius 2 is 1.89 bits per heavy atom. The second-order valence-electron chi connectivity index (χ2n) is 4.11. The summed E-state index contributed by atoms with van der Waals surface area (Å²) in [6.45, 7) is 5.88. The zero-order valence-electron chi connectivity index (χ0n) is 10.4. The maximum Gasteiger partial charge on any atom is 0.273 e. The Bertz CT molecular complexity index is 650. The number of hydrogen-bond acceptors (Lipinski definition) is 3. The molecule has 0 aliphatic heterocycles. The minimum atomic E-state index is -0.412. The average molecular weight is 265 g/mol. The van der Waals surface area contributed by atoms with Crippen LogP contribution in [0, 0.1) is 20.8 Å². The van der Waals surface area contributed by atoms with Crippen molar-refractivity contribution in [3.8, 4) is 11.6 Å². The van der Waals surface area contributed by atoms with Crippen molar-refractivity contribution in [3.63, 3.8) is 0 Å². The van der Waals surface area contributed by atoms with Gasteiger partial charge < -0.3 is 9.72 Å². The predicted molar refractivity (Wildman–Crippen MR) is 70.6 cm³/mol. The number of nitrogens with zero attached hydrogens (tertiary/aromatic N) is 1. The zero-order valence-corrected chi connectivity index (χ0v) is 11.1. The number of nitrogens with one attached hydrogen (secondary N) is 1. The summed E-state index contributed by atoms with van der Waals surface area (Å²) in [6.07, 6.45) is 1.27. The topological polar surface area (TPSA) is 55.0 Å². The molecule has 0 aliphatic rings. The first-order valence-corrected chi connectivity index (χ1v) is 5.86. The third-order valence-electron chi connectivity index (χ3n) is 2.84. The molecule has 2 rings (SSSR count). The third kappa shape index (κ3) is 2.24. The van der Waals surface area contributed by atoms with E-state index in [0.717, 1.165) is 16.7 Å². The second kappa shape index (κ2) is 4.82. The van der Waals surface area contributed by atoms with Crippen molar-refractivity contribution < 1.29 is 4.74 Å². The molecule has 1 heterocycles. The molecule has 0 fully saturated rings. The summed E-state index contributed by atoms with van der Waals surface area (Å²) >= 11 is 5.86. The molecule has 0 aliphatic carbocycles. The van der Waals surface area contributed by atoms with Crippen molar-refractivity contribution in [2.45, 2.75) is 20.8 Å². The number of aryl methyl sites for hydroxylation is 2. The second-order valence-corrected chi connectivity index (χ2v) is 4.48. The van der Waals surface area contributed by atoms with Gasteiger partial charge in [-0.15, -0.1) is 0 Å². The molecule has 0 radical (unpaired) electrons. The summed E-state index contributed by atoms with van der Waals surface area (Å²) in [5, 5.41) is -0.0437. The van der Waals surface area contributed by atoms with E-state index in [1.165, 1.54) is 6.33 Å². The number of rotatable bonds is 2. The molecule has 0 atom stereocenters. The largest absolute Gasteiger partial charge is 0.437 e. The average Bonchev–Trinajstić information content (AvgIpc) is 2.35. The minimum Gasteiger partial charge on any atom is -0.437 e. The van der Waals surface area contributed by atoms with Gasteiger partial charge in [-0.05, 0) is 37.5 Å². The molecule has 0 spiro atoms. The Morgan fingerprint density at radius 1 is 1.22 bits per heavy atom. The third-order valence-corrected chi connectivity index (χ3v) is 3.17. The van der Waals surface area contributed by atoms with Gasteiger partial charge in [0.05, 0.1) is 6.33 Å². The van der Waals surface area contributed by atoms with Gasteiger partial charge in [0.2, 0.25) is 5.88 Å². The van der Waals surface area contributed by atoms with Crippen LogP contribution in [0.3, 0.4) is 0 Å². The molecule has 0 amide bonds. The molecule has 1 aromatic carbocycles. The lowest BCUT2D eigenvalue weighted by Gasteiger charge is -2.13. The molecule has 4 nitrogen and oxygen atoms in total. The van der Waals surface area contributed by atoms with Gasteiger partial charge in [-0.3, -0.25) is 4.79 Å². The van der Waals surface area contributed by atoms with E-state index in [0.29, 0.717) is 5.75 Å². The number of benzene rings is 1. The molecule has 1 N–H and O–H groups in total. The normalized spacial score (nSPS) is 10.4. The first-order valence-electron chi connectivity index (χ1n) is 5.48. The van der Waals surface area contributed by atoms with E-state index < -0.39 is 5.56 Å². The summed E-state index contributed by atoms with van der Waals surface area (Å²) in [5.41, 5.74) is 2.67. The van der Waals surface area contributed by atoms with Crippen LogP contribution in [0.5, 0.6) is 11.6 Å². The number of ether oxygens (including phenoxy) is 1. The Balaban J connectivity index is 2.50. The molecule has 18 heavy (non-hydrogen) atoms. The van der Waals surface area contributed by atoms with Crippen molar-refractivity contribution in [1.82, 2.24) is 9.97 Å². The lowest BCUT2D eigenvalue weighted by atomic mass is 10.1. The molecule has 1 aromatic heterocycles. The molecule has 2 aromatic rings. The highest BCUT2D eigenvalue weighted by Crippen LogP contribution is 2.31. The van der Waals surface area contributed by atoms with E-state index in [1.807, 2.05) is 32.9 Å². The SMILES string of the molecule is Cc1ccc(C)c(Oc2nc[nH]c(=O)c2Cl)c1C. The predicted octanol–water partition coefficient (Wildman–Crippen LogP) is 3.14.